The Hall–Kier alpha value is -2.16. The molecule has 0 saturated carbocycles. The van der Waals surface area contributed by atoms with E-state index in [1.807, 2.05) is 20.8 Å². The molecule has 0 saturated heterocycles. The zero-order valence-corrected chi connectivity index (χ0v) is 11.8. The molecule has 0 aliphatic carbocycles. The highest BCUT2D eigenvalue weighted by atomic mass is 19.1. The molecule has 104 valence electrons. The molecule has 0 fully saturated rings. The smallest absolute Gasteiger partial charge is 0.193 e. The van der Waals surface area contributed by atoms with Gasteiger partial charge in [-0.1, -0.05) is 12.1 Å². The molecule has 3 heteroatoms. The first-order chi connectivity index (χ1) is 9.35. The van der Waals surface area contributed by atoms with E-state index < -0.39 is 5.82 Å². The highest BCUT2D eigenvalue weighted by Gasteiger charge is 2.13. The minimum Gasteiger partial charge on any atom is -0.488 e. The third-order valence-corrected chi connectivity index (χ3v) is 2.63. The van der Waals surface area contributed by atoms with Crippen LogP contribution in [0.2, 0.25) is 0 Å². The van der Waals surface area contributed by atoms with Crippen LogP contribution in [0, 0.1) is 5.82 Å². The second-order valence-electron chi connectivity index (χ2n) is 5.58. The molecule has 0 N–H and O–H groups in total. The van der Waals surface area contributed by atoms with Gasteiger partial charge in [0.2, 0.25) is 0 Å². The summed E-state index contributed by atoms with van der Waals surface area (Å²) in [6.45, 7) is 5.87. The van der Waals surface area contributed by atoms with Crippen molar-refractivity contribution in [2.24, 2.45) is 0 Å². The molecule has 0 aliphatic rings. The summed E-state index contributed by atoms with van der Waals surface area (Å²) in [5.41, 5.74) is 0.569. The lowest BCUT2D eigenvalue weighted by Crippen LogP contribution is -2.22. The predicted octanol–water partition coefficient (Wildman–Crippen LogP) is 4.23. The first-order valence-electron chi connectivity index (χ1n) is 6.44. The highest BCUT2D eigenvalue weighted by molar-refractivity contribution is 6.09. The maximum atomic E-state index is 13.1. The summed E-state index contributed by atoms with van der Waals surface area (Å²) in [5, 5.41) is 0. The minimum absolute atomic E-state index is 0.202. The Morgan fingerprint density at radius 3 is 2.20 bits per heavy atom. The van der Waals surface area contributed by atoms with Gasteiger partial charge in [0, 0.05) is 11.1 Å². The first kappa shape index (κ1) is 14.3. The second kappa shape index (κ2) is 5.45. The van der Waals surface area contributed by atoms with E-state index in [2.05, 4.69) is 0 Å². The van der Waals surface area contributed by atoms with Gasteiger partial charge in [-0.25, -0.2) is 4.39 Å². The van der Waals surface area contributed by atoms with Gasteiger partial charge in [0.15, 0.2) is 5.78 Å². The summed E-state index contributed by atoms with van der Waals surface area (Å²) < 4.78 is 18.8. The summed E-state index contributed by atoms with van der Waals surface area (Å²) in [6, 6.07) is 12.6. The average Bonchev–Trinajstić information content (AvgIpc) is 2.37. The van der Waals surface area contributed by atoms with Crippen LogP contribution < -0.4 is 4.74 Å². The quantitative estimate of drug-likeness (QED) is 0.781. The molecule has 0 spiro atoms. The Morgan fingerprint density at radius 2 is 1.65 bits per heavy atom. The van der Waals surface area contributed by atoms with Crippen LogP contribution in [0.15, 0.2) is 48.5 Å². The van der Waals surface area contributed by atoms with Gasteiger partial charge in [0.25, 0.3) is 0 Å². The summed E-state index contributed by atoms with van der Waals surface area (Å²) in [5.74, 6) is 0.0867. The van der Waals surface area contributed by atoms with Gasteiger partial charge in [-0.05, 0) is 57.2 Å². The van der Waals surface area contributed by atoms with E-state index in [0.29, 0.717) is 16.9 Å². The van der Waals surface area contributed by atoms with Crippen molar-refractivity contribution in [3.05, 3.63) is 65.5 Å². The number of hydrogen-bond acceptors (Lipinski definition) is 2. The molecule has 2 rings (SSSR count). The van der Waals surface area contributed by atoms with E-state index in [1.165, 1.54) is 18.2 Å². The standard InChI is InChI=1S/C17H17FO2/c1-17(2,3)20-15-9-7-12(8-10-15)16(19)13-5-4-6-14(18)11-13/h4-11H,1-3H3. The number of hydrogen-bond donors (Lipinski definition) is 0. The van der Waals surface area contributed by atoms with E-state index in [1.54, 1.807) is 30.3 Å². The average molecular weight is 272 g/mol. The van der Waals surface area contributed by atoms with E-state index in [0.717, 1.165) is 0 Å². The van der Waals surface area contributed by atoms with Gasteiger partial charge in [-0.2, -0.15) is 0 Å². The maximum Gasteiger partial charge on any atom is 0.193 e. The number of rotatable bonds is 3. The fourth-order valence-electron chi connectivity index (χ4n) is 1.82. The fraction of sp³-hybridized carbons (Fsp3) is 0.235. The SMILES string of the molecule is CC(C)(C)Oc1ccc(C(=O)c2cccc(F)c2)cc1. The Bertz CT molecular complexity index is 610. The van der Waals surface area contributed by atoms with Crippen molar-refractivity contribution in [1.82, 2.24) is 0 Å². The molecule has 2 aromatic carbocycles. The molecule has 0 aromatic heterocycles. The van der Waals surface area contributed by atoms with E-state index >= 15 is 0 Å². The second-order valence-corrected chi connectivity index (χ2v) is 5.58. The van der Waals surface area contributed by atoms with Crippen molar-refractivity contribution in [3.8, 4) is 5.75 Å². The molecule has 0 radical (unpaired) electrons. The number of carbonyl (C=O) groups is 1. The fourth-order valence-corrected chi connectivity index (χ4v) is 1.82. The Labute approximate surface area is 118 Å². The first-order valence-corrected chi connectivity index (χ1v) is 6.44. The number of halogens is 1. The summed E-state index contributed by atoms with van der Waals surface area (Å²) in [6.07, 6.45) is 0. The van der Waals surface area contributed by atoms with Gasteiger partial charge >= 0.3 is 0 Å². The van der Waals surface area contributed by atoms with Crippen LogP contribution in [-0.4, -0.2) is 11.4 Å². The molecule has 20 heavy (non-hydrogen) atoms. The van der Waals surface area contributed by atoms with E-state index in [4.69, 9.17) is 4.74 Å². The van der Waals surface area contributed by atoms with Crippen LogP contribution in [0.25, 0.3) is 0 Å². The summed E-state index contributed by atoms with van der Waals surface area (Å²) >= 11 is 0. The molecule has 0 amide bonds. The molecule has 2 aromatic rings. The lowest BCUT2D eigenvalue weighted by Gasteiger charge is -2.21. The largest absolute Gasteiger partial charge is 0.488 e. The van der Waals surface area contributed by atoms with Crippen molar-refractivity contribution in [2.45, 2.75) is 26.4 Å². The number of ketones is 1. The van der Waals surface area contributed by atoms with E-state index in [9.17, 15) is 9.18 Å². The van der Waals surface area contributed by atoms with Gasteiger partial charge in [0.05, 0.1) is 0 Å². The molecular formula is C17H17FO2. The third kappa shape index (κ3) is 3.67. The topological polar surface area (TPSA) is 26.3 Å². The maximum absolute atomic E-state index is 13.1. The summed E-state index contributed by atoms with van der Waals surface area (Å²) in [7, 11) is 0. The number of ether oxygens (including phenoxy) is 1. The zero-order chi connectivity index (χ0) is 14.8. The van der Waals surface area contributed by atoms with Crippen LogP contribution in [0.1, 0.15) is 36.7 Å². The molecule has 2 nitrogen and oxygen atoms in total. The Balaban J connectivity index is 2.20. The van der Waals surface area contributed by atoms with Crippen molar-refractivity contribution >= 4 is 5.78 Å². The zero-order valence-electron chi connectivity index (χ0n) is 11.8. The number of carbonyl (C=O) groups excluding carboxylic acids is 1. The molecule has 0 heterocycles. The third-order valence-electron chi connectivity index (χ3n) is 2.63. The van der Waals surface area contributed by atoms with Crippen molar-refractivity contribution < 1.29 is 13.9 Å². The summed E-state index contributed by atoms with van der Waals surface area (Å²) in [4.78, 5) is 12.2. The van der Waals surface area contributed by atoms with Gasteiger partial charge in [-0.3, -0.25) is 4.79 Å². The van der Waals surface area contributed by atoms with E-state index in [-0.39, 0.29) is 11.4 Å². The van der Waals surface area contributed by atoms with Crippen LogP contribution >= 0.6 is 0 Å². The van der Waals surface area contributed by atoms with Crippen LogP contribution in [0.5, 0.6) is 5.75 Å². The van der Waals surface area contributed by atoms with Gasteiger partial charge in [-0.15, -0.1) is 0 Å². The molecule has 0 aliphatic heterocycles. The Morgan fingerprint density at radius 1 is 1.00 bits per heavy atom. The Kier molecular flexibility index (Phi) is 3.89. The monoisotopic (exact) mass is 272 g/mol. The molecule has 0 bridgehead atoms. The number of benzene rings is 2. The van der Waals surface area contributed by atoms with Gasteiger partial charge < -0.3 is 4.74 Å². The predicted molar refractivity (Wildman–Crippen MR) is 76.7 cm³/mol. The highest BCUT2D eigenvalue weighted by Crippen LogP contribution is 2.20. The molecular weight excluding hydrogens is 255 g/mol. The van der Waals surface area contributed by atoms with Gasteiger partial charge in [0.1, 0.15) is 17.2 Å². The van der Waals surface area contributed by atoms with Crippen molar-refractivity contribution in [1.29, 1.82) is 0 Å². The van der Waals surface area contributed by atoms with Crippen molar-refractivity contribution in [3.63, 3.8) is 0 Å². The van der Waals surface area contributed by atoms with Crippen LogP contribution in [0.3, 0.4) is 0 Å². The molecule has 0 unspecified atom stereocenters. The van der Waals surface area contributed by atoms with Crippen LogP contribution in [-0.2, 0) is 0 Å². The lowest BCUT2D eigenvalue weighted by molar-refractivity contribution is 0.103. The normalized spacial score (nSPS) is 11.2. The van der Waals surface area contributed by atoms with Crippen LogP contribution in [0.4, 0.5) is 4.39 Å². The molecule has 0 atom stereocenters. The van der Waals surface area contributed by atoms with Crippen molar-refractivity contribution in [2.75, 3.05) is 0 Å². The lowest BCUT2D eigenvalue weighted by atomic mass is 10.0. The minimum atomic E-state index is -0.413.